The second-order valence-corrected chi connectivity index (χ2v) is 16.7. The zero-order valence-electron chi connectivity index (χ0n) is 39.9. The second-order valence-electron chi connectivity index (χ2n) is 16.7. The Kier molecular flexibility index (Phi) is 19.0. The molecule has 69 heavy (non-hydrogen) atoms. The Bertz CT molecular complexity index is 2620. The van der Waals surface area contributed by atoms with Gasteiger partial charge in [-0.1, -0.05) is 159 Å². The van der Waals surface area contributed by atoms with E-state index in [0.717, 1.165) is 51.8 Å². The first kappa shape index (κ1) is 51.1. The fourth-order valence-corrected chi connectivity index (χ4v) is 8.09. The predicted molar refractivity (Wildman–Crippen MR) is 271 cm³/mol. The smallest absolute Gasteiger partial charge is 0.337 e. The minimum absolute atomic E-state index is 0.177. The fourth-order valence-electron chi connectivity index (χ4n) is 8.09. The topological polar surface area (TPSA) is 135 Å². The highest BCUT2D eigenvalue weighted by Crippen LogP contribution is 2.36. The molecule has 1 unspecified atom stereocenters. The first-order chi connectivity index (χ1) is 33.5. The number of ether oxygens (including phenoxy) is 4. The molecule has 0 saturated carbocycles. The maximum atomic E-state index is 13.1. The molecule has 0 aromatic heterocycles. The fraction of sp³-hybridized carbons (Fsp3) is 0.259. The molecule has 0 aliphatic heterocycles. The van der Waals surface area contributed by atoms with Crippen molar-refractivity contribution >= 4 is 40.2 Å². The van der Waals surface area contributed by atoms with Crippen molar-refractivity contribution in [2.75, 3.05) is 53.9 Å². The van der Waals surface area contributed by atoms with E-state index < -0.39 is 36.4 Å². The molecule has 0 fully saturated rings. The van der Waals surface area contributed by atoms with Crippen molar-refractivity contribution < 1.29 is 43.5 Å². The van der Waals surface area contributed by atoms with Gasteiger partial charge in [-0.25, -0.2) is 4.79 Å². The van der Waals surface area contributed by atoms with Gasteiger partial charge in [-0.15, -0.1) is 0 Å². The summed E-state index contributed by atoms with van der Waals surface area (Å²) >= 11 is 0. The number of rotatable bonds is 26. The van der Waals surface area contributed by atoms with Crippen LogP contribution in [-0.4, -0.2) is 97.4 Å². The number of carbonyl (C=O) groups is 3. The summed E-state index contributed by atoms with van der Waals surface area (Å²) < 4.78 is 23.2. The number of hydrogen-bond donors (Lipinski definition) is 2. The zero-order chi connectivity index (χ0) is 49.0. The van der Waals surface area contributed by atoms with Crippen molar-refractivity contribution in [1.82, 2.24) is 9.80 Å². The number of hydrogen-bond acceptors (Lipinski definition) is 9. The van der Waals surface area contributed by atoms with Crippen molar-refractivity contribution in [2.45, 2.75) is 45.1 Å². The quantitative estimate of drug-likeness (QED) is 0.0306. The van der Waals surface area contributed by atoms with Crippen LogP contribution in [0, 0.1) is 0 Å². The van der Waals surface area contributed by atoms with Crippen molar-refractivity contribution in [3.8, 4) is 11.5 Å². The number of carboxylic acid groups (broad SMARTS) is 2. The molecule has 6 aromatic carbocycles. The summed E-state index contributed by atoms with van der Waals surface area (Å²) in [6.45, 7) is 5.07. The number of benzene rings is 6. The van der Waals surface area contributed by atoms with Gasteiger partial charge < -0.3 is 29.2 Å². The first-order valence-electron chi connectivity index (χ1n) is 23.3. The number of esters is 1. The molecule has 0 spiro atoms. The lowest BCUT2D eigenvalue weighted by Crippen LogP contribution is -2.48. The van der Waals surface area contributed by atoms with Crippen LogP contribution in [-0.2, 0) is 23.9 Å². The molecule has 358 valence electrons. The maximum absolute atomic E-state index is 13.1. The first-order valence-corrected chi connectivity index (χ1v) is 23.3. The molecule has 0 amide bonds. The van der Waals surface area contributed by atoms with Gasteiger partial charge >= 0.3 is 17.9 Å². The Morgan fingerprint density at radius 1 is 0.478 bits per heavy atom. The lowest BCUT2D eigenvalue weighted by atomic mass is 9.88. The normalized spacial score (nSPS) is 13.0. The van der Waals surface area contributed by atoms with Crippen molar-refractivity contribution in [3.05, 3.63) is 203 Å². The molecule has 11 heteroatoms. The van der Waals surface area contributed by atoms with Crippen LogP contribution in [0.15, 0.2) is 170 Å². The summed E-state index contributed by atoms with van der Waals surface area (Å²) in [6, 6.07) is 57.2. The van der Waals surface area contributed by atoms with Crippen LogP contribution in [0.1, 0.15) is 72.9 Å². The van der Waals surface area contributed by atoms with Crippen molar-refractivity contribution in [3.63, 3.8) is 0 Å². The maximum Gasteiger partial charge on any atom is 0.337 e. The molecule has 2 N–H and O–H groups in total. The van der Waals surface area contributed by atoms with E-state index in [-0.39, 0.29) is 26.7 Å². The highest BCUT2D eigenvalue weighted by molar-refractivity contribution is 5.99. The molecule has 6 rings (SSSR count). The minimum atomic E-state index is -2.36. The SMILES string of the molecule is CC/C(=C(\c1ccccc1)c1ccc(OCCN(C)COC(=O)CC(CC(=O)O)(OCN(C)CCOc2ccc(/C(=C(/CC)c3ccccc3)c3ccccc3)cc2)C(=O)O)cc1)c1ccccc1. The molecule has 1 atom stereocenters. The third-order valence-corrected chi connectivity index (χ3v) is 11.7. The van der Waals surface area contributed by atoms with Gasteiger partial charge in [0.2, 0.25) is 0 Å². The van der Waals surface area contributed by atoms with E-state index in [0.29, 0.717) is 24.6 Å². The molecule has 0 heterocycles. The van der Waals surface area contributed by atoms with E-state index in [1.807, 2.05) is 97.1 Å². The van der Waals surface area contributed by atoms with Gasteiger partial charge in [-0.2, -0.15) is 0 Å². The molecule has 6 aromatic rings. The largest absolute Gasteiger partial charge is 0.492 e. The van der Waals surface area contributed by atoms with Gasteiger partial charge in [0.15, 0.2) is 5.60 Å². The minimum Gasteiger partial charge on any atom is -0.492 e. The van der Waals surface area contributed by atoms with Gasteiger partial charge in [0.05, 0.1) is 12.8 Å². The molecule has 0 aliphatic rings. The van der Waals surface area contributed by atoms with Crippen LogP contribution >= 0.6 is 0 Å². The van der Waals surface area contributed by atoms with Crippen LogP contribution in [0.2, 0.25) is 0 Å². The zero-order valence-corrected chi connectivity index (χ0v) is 39.9. The third-order valence-electron chi connectivity index (χ3n) is 11.7. The summed E-state index contributed by atoms with van der Waals surface area (Å²) in [5, 5.41) is 19.9. The van der Waals surface area contributed by atoms with Crippen LogP contribution in [0.25, 0.3) is 22.3 Å². The van der Waals surface area contributed by atoms with Crippen LogP contribution in [0.4, 0.5) is 0 Å². The Hall–Kier alpha value is -7.31. The van der Waals surface area contributed by atoms with Crippen LogP contribution < -0.4 is 9.47 Å². The Morgan fingerprint density at radius 2 is 0.841 bits per heavy atom. The van der Waals surface area contributed by atoms with Crippen LogP contribution in [0.5, 0.6) is 11.5 Å². The predicted octanol–water partition coefficient (Wildman–Crippen LogP) is 10.9. The number of likely N-dealkylation sites (N-methyl/N-ethyl adjacent to an activating group) is 2. The van der Waals surface area contributed by atoms with Gasteiger partial charge in [-0.05, 0) is 107 Å². The molecule has 11 nitrogen and oxygen atoms in total. The second kappa shape index (κ2) is 25.7. The third kappa shape index (κ3) is 14.6. The average Bonchev–Trinajstić information content (AvgIpc) is 3.37. The lowest BCUT2D eigenvalue weighted by molar-refractivity contribution is -0.186. The highest BCUT2D eigenvalue weighted by Gasteiger charge is 2.45. The van der Waals surface area contributed by atoms with Crippen molar-refractivity contribution in [1.29, 1.82) is 0 Å². The molecular formula is C58H62N2O9. The lowest BCUT2D eigenvalue weighted by Gasteiger charge is -2.30. The summed E-state index contributed by atoms with van der Waals surface area (Å²) in [5.41, 5.74) is 9.10. The Labute approximate surface area is 405 Å². The van der Waals surface area contributed by atoms with E-state index >= 15 is 0 Å². The monoisotopic (exact) mass is 930 g/mol. The Balaban J connectivity index is 0.984. The van der Waals surface area contributed by atoms with E-state index in [1.54, 1.807) is 23.9 Å². The molecule has 0 radical (unpaired) electrons. The van der Waals surface area contributed by atoms with Gasteiger partial charge in [-0.3, -0.25) is 19.4 Å². The molecular weight excluding hydrogens is 869 g/mol. The van der Waals surface area contributed by atoms with E-state index in [1.165, 1.54) is 16.7 Å². The standard InChI is InChI=1S/C58H62N2O9/c1-5-51(43-19-11-7-12-20-43)55(45-23-15-9-16-24-45)47-27-31-49(32-28-47)66-37-35-59(3)41-68-54(63)40-58(57(64)65,39-53(61)62)69-42-60(4)36-38-67-50-33-29-48(30-34-50)56(46-25-17-10-18-26-46)52(6-2)44-21-13-8-14-22-44/h7-34H,5-6,35-42H2,1-4H3,(H,61,62)(H,64,65)/b55-51-,56-52-. The van der Waals surface area contributed by atoms with Crippen molar-refractivity contribution in [2.24, 2.45) is 0 Å². The van der Waals surface area contributed by atoms with Gasteiger partial charge in [0, 0.05) is 13.1 Å². The number of nitrogens with zero attached hydrogens (tertiary/aromatic N) is 2. The number of carbonyl (C=O) groups excluding carboxylic acids is 1. The molecule has 0 saturated heterocycles. The molecule has 0 aliphatic carbocycles. The van der Waals surface area contributed by atoms with Crippen LogP contribution in [0.3, 0.4) is 0 Å². The highest BCUT2D eigenvalue weighted by atomic mass is 16.6. The van der Waals surface area contributed by atoms with E-state index in [9.17, 15) is 24.6 Å². The Morgan fingerprint density at radius 3 is 1.20 bits per heavy atom. The summed E-state index contributed by atoms with van der Waals surface area (Å²) in [6.07, 6.45) is -0.0683. The number of allylic oxidation sites excluding steroid dienone is 2. The number of carboxylic acids is 2. The van der Waals surface area contributed by atoms with Gasteiger partial charge in [0.1, 0.15) is 38.2 Å². The van der Waals surface area contributed by atoms with E-state index in [2.05, 4.69) is 86.6 Å². The average molecular weight is 931 g/mol. The van der Waals surface area contributed by atoms with E-state index in [4.69, 9.17) is 18.9 Å². The van der Waals surface area contributed by atoms with Gasteiger partial charge in [0.25, 0.3) is 0 Å². The summed E-state index contributed by atoms with van der Waals surface area (Å²) in [5.74, 6) is -2.61. The summed E-state index contributed by atoms with van der Waals surface area (Å²) in [7, 11) is 3.41. The number of aliphatic carboxylic acids is 2. The summed E-state index contributed by atoms with van der Waals surface area (Å²) in [4.78, 5) is 40.9. The molecule has 0 bridgehead atoms.